The van der Waals surface area contributed by atoms with Crippen molar-refractivity contribution in [1.82, 2.24) is 0 Å². The van der Waals surface area contributed by atoms with Gasteiger partial charge in [0.15, 0.2) is 0 Å². The molecule has 8 heteroatoms. The van der Waals surface area contributed by atoms with Crippen LogP contribution in [0.25, 0.3) is 11.1 Å². The van der Waals surface area contributed by atoms with E-state index in [2.05, 4.69) is 5.32 Å². The molecule has 0 aliphatic carbocycles. The highest BCUT2D eigenvalue weighted by Crippen LogP contribution is 2.38. The Morgan fingerprint density at radius 3 is 2.50 bits per heavy atom. The lowest BCUT2D eigenvalue weighted by Gasteiger charge is -2.17. The van der Waals surface area contributed by atoms with E-state index in [1.54, 1.807) is 18.2 Å². The van der Waals surface area contributed by atoms with E-state index in [1.807, 2.05) is 0 Å². The molecule has 1 aliphatic rings. The number of nitrogens with one attached hydrogen (secondary N) is 1. The van der Waals surface area contributed by atoms with Gasteiger partial charge >= 0.3 is 6.18 Å². The molecule has 0 saturated heterocycles. The molecule has 5 nitrogen and oxygen atoms in total. The summed E-state index contributed by atoms with van der Waals surface area (Å²) in [6.45, 7) is 0. The van der Waals surface area contributed by atoms with Gasteiger partial charge in [0.1, 0.15) is 0 Å². The Morgan fingerprint density at radius 1 is 1.08 bits per heavy atom. The lowest BCUT2D eigenvalue weighted by Crippen LogP contribution is -2.18. The normalized spacial score (nSPS) is 14.0. The fourth-order valence-electron chi connectivity index (χ4n) is 2.65. The van der Waals surface area contributed by atoms with E-state index >= 15 is 0 Å². The summed E-state index contributed by atoms with van der Waals surface area (Å²) in [5, 5.41) is 13.9. The Hall–Kier alpha value is -2.90. The number of carbonyl (C=O) groups is 1. The first-order chi connectivity index (χ1) is 11.3. The number of rotatable bonds is 2. The molecular formula is C16H11F3N2O3. The largest absolute Gasteiger partial charge is 0.416 e. The Balaban J connectivity index is 2.09. The Bertz CT molecular complexity index is 847. The highest BCUT2D eigenvalue weighted by atomic mass is 19.4. The first-order valence-electron chi connectivity index (χ1n) is 7.04. The van der Waals surface area contributed by atoms with Crippen LogP contribution < -0.4 is 5.32 Å². The predicted octanol–water partition coefficient (Wildman–Crippen LogP) is 4.17. The van der Waals surface area contributed by atoms with E-state index in [0.29, 0.717) is 30.2 Å². The van der Waals surface area contributed by atoms with Crippen LogP contribution in [0.15, 0.2) is 36.4 Å². The summed E-state index contributed by atoms with van der Waals surface area (Å²) in [7, 11) is 0. The van der Waals surface area contributed by atoms with Gasteiger partial charge in [0, 0.05) is 18.2 Å². The van der Waals surface area contributed by atoms with Crippen molar-refractivity contribution in [3.05, 3.63) is 57.6 Å². The number of hydrogen-bond acceptors (Lipinski definition) is 3. The summed E-state index contributed by atoms with van der Waals surface area (Å²) in [4.78, 5) is 21.7. The molecule has 0 bridgehead atoms. The monoisotopic (exact) mass is 336 g/mol. The lowest BCUT2D eigenvalue weighted by atomic mass is 9.95. The molecular weight excluding hydrogens is 325 g/mol. The molecule has 0 aromatic heterocycles. The number of nitro benzene ring substituents is 1. The third-order valence-electron chi connectivity index (χ3n) is 3.83. The second kappa shape index (κ2) is 5.63. The number of benzene rings is 2. The quantitative estimate of drug-likeness (QED) is 0.661. The number of aryl methyl sites for hydroxylation is 1. The van der Waals surface area contributed by atoms with Crippen molar-refractivity contribution in [2.45, 2.75) is 19.0 Å². The van der Waals surface area contributed by atoms with Gasteiger partial charge in [0.2, 0.25) is 5.91 Å². The highest BCUT2D eigenvalue weighted by Gasteiger charge is 2.33. The molecule has 0 saturated carbocycles. The van der Waals surface area contributed by atoms with Crippen LogP contribution in [-0.2, 0) is 17.4 Å². The molecule has 0 unspecified atom stereocenters. The topological polar surface area (TPSA) is 72.2 Å². The van der Waals surface area contributed by atoms with Crippen molar-refractivity contribution in [3.63, 3.8) is 0 Å². The van der Waals surface area contributed by atoms with Crippen molar-refractivity contribution in [2.75, 3.05) is 5.32 Å². The minimum Gasteiger partial charge on any atom is -0.326 e. The van der Waals surface area contributed by atoms with Gasteiger partial charge in [0.05, 0.1) is 16.1 Å². The molecule has 0 spiro atoms. The molecule has 2 aromatic rings. The standard InChI is InChI=1S/C16H11F3N2O3/c17-16(18,19)11-3-4-12(14(8-11)21(23)24)9-1-5-13-10(7-9)2-6-15(22)20-13/h1,3-5,7-8H,2,6H2,(H,20,22). The van der Waals surface area contributed by atoms with E-state index in [9.17, 15) is 28.1 Å². The number of amides is 1. The smallest absolute Gasteiger partial charge is 0.326 e. The summed E-state index contributed by atoms with van der Waals surface area (Å²) in [5.74, 6) is -0.115. The average molecular weight is 336 g/mol. The van der Waals surface area contributed by atoms with Gasteiger partial charge < -0.3 is 5.32 Å². The van der Waals surface area contributed by atoms with Crippen molar-refractivity contribution >= 4 is 17.3 Å². The number of hydrogen-bond donors (Lipinski definition) is 1. The summed E-state index contributed by atoms with van der Waals surface area (Å²) in [5.41, 5.74) is 0.275. The fourth-order valence-corrected chi connectivity index (χ4v) is 2.65. The maximum Gasteiger partial charge on any atom is 0.416 e. The minimum absolute atomic E-state index is 0.104. The van der Waals surface area contributed by atoms with Crippen LogP contribution in [0.4, 0.5) is 24.5 Å². The van der Waals surface area contributed by atoms with E-state index in [1.165, 1.54) is 0 Å². The zero-order chi connectivity index (χ0) is 17.5. The second-order valence-corrected chi connectivity index (χ2v) is 5.41. The van der Waals surface area contributed by atoms with Gasteiger partial charge in [-0.25, -0.2) is 0 Å². The molecule has 1 aliphatic heterocycles. The molecule has 1 heterocycles. The molecule has 2 aromatic carbocycles. The van der Waals surface area contributed by atoms with Crippen LogP contribution >= 0.6 is 0 Å². The first kappa shape index (κ1) is 16.0. The zero-order valence-corrected chi connectivity index (χ0v) is 12.2. The Morgan fingerprint density at radius 2 is 1.83 bits per heavy atom. The maximum atomic E-state index is 12.8. The number of halogens is 3. The van der Waals surface area contributed by atoms with E-state index < -0.39 is 22.4 Å². The number of fused-ring (bicyclic) bond motifs is 1. The van der Waals surface area contributed by atoms with E-state index in [0.717, 1.165) is 17.7 Å². The number of carbonyl (C=O) groups excluding carboxylic acids is 1. The van der Waals surface area contributed by atoms with Gasteiger partial charge in [-0.2, -0.15) is 13.2 Å². The van der Waals surface area contributed by atoms with Crippen LogP contribution in [0.2, 0.25) is 0 Å². The van der Waals surface area contributed by atoms with Crippen LogP contribution in [0.3, 0.4) is 0 Å². The van der Waals surface area contributed by atoms with Crippen molar-refractivity contribution in [3.8, 4) is 11.1 Å². The molecule has 0 atom stereocenters. The van der Waals surface area contributed by atoms with E-state index in [-0.39, 0.29) is 11.5 Å². The van der Waals surface area contributed by atoms with Gasteiger partial charge in [-0.1, -0.05) is 6.07 Å². The number of anilines is 1. The highest BCUT2D eigenvalue weighted by molar-refractivity contribution is 5.94. The minimum atomic E-state index is -4.65. The molecule has 1 N–H and O–H groups in total. The van der Waals surface area contributed by atoms with Crippen LogP contribution in [0.5, 0.6) is 0 Å². The Kier molecular flexibility index (Phi) is 3.75. The van der Waals surface area contributed by atoms with Crippen LogP contribution in [0.1, 0.15) is 17.5 Å². The lowest BCUT2D eigenvalue weighted by molar-refractivity contribution is -0.384. The van der Waals surface area contributed by atoms with Crippen LogP contribution in [-0.4, -0.2) is 10.8 Å². The number of nitrogens with zero attached hydrogens (tertiary/aromatic N) is 1. The predicted molar refractivity (Wildman–Crippen MR) is 80.5 cm³/mol. The van der Waals surface area contributed by atoms with Gasteiger partial charge in [-0.15, -0.1) is 0 Å². The molecule has 3 rings (SSSR count). The third-order valence-corrected chi connectivity index (χ3v) is 3.83. The summed E-state index contributed by atoms with van der Waals surface area (Å²) >= 11 is 0. The average Bonchev–Trinajstić information content (AvgIpc) is 2.53. The Labute approximate surface area is 134 Å². The summed E-state index contributed by atoms with van der Waals surface area (Å²) < 4.78 is 38.3. The van der Waals surface area contributed by atoms with Crippen molar-refractivity contribution in [2.24, 2.45) is 0 Å². The number of alkyl halides is 3. The molecule has 24 heavy (non-hydrogen) atoms. The van der Waals surface area contributed by atoms with Crippen molar-refractivity contribution in [1.29, 1.82) is 0 Å². The fraction of sp³-hybridized carbons (Fsp3) is 0.188. The first-order valence-corrected chi connectivity index (χ1v) is 7.04. The van der Waals surface area contributed by atoms with Gasteiger partial charge in [-0.05, 0) is 41.8 Å². The van der Waals surface area contributed by atoms with Gasteiger partial charge in [0.25, 0.3) is 5.69 Å². The van der Waals surface area contributed by atoms with E-state index in [4.69, 9.17) is 0 Å². The zero-order valence-electron chi connectivity index (χ0n) is 12.2. The van der Waals surface area contributed by atoms with Crippen LogP contribution in [0, 0.1) is 10.1 Å². The molecule has 0 radical (unpaired) electrons. The summed E-state index contributed by atoms with van der Waals surface area (Å²) in [6.07, 6.45) is -3.88. The molecule has 124 valence electrons. The molecule has 1 amide bonds. The van der Waals surface area contributed by atoms with Crippen molar-refractivity contribution < 1.29 is 22.9 Å². The SMILES string of the molecule is O=C1CCc2cc(-c3ccc(C(F)(F)F)cc3[N+](=O)[O-])ccc2N1. The maximum absolute atomic E-state index is 12.8. The summed E-state index contributed by atoms with van der Waals surface area (Å²) in [6, 6.07) is 7.26. The third kappa shape index (κ3) is 2.94. The van der Waals surface area contributed by atoms with Gasteiger partial charge in [-0.3, -0.25) is 14.9 Å². The second-order valence-electron chi connectivity index (χ2n) is 5.41. The molecule has 0 fully saturated rings. The number of nitro groups is 1.